The topological polar surface area (TPSA) is 35.0 Å². The molecule has 1 aliphatic rings. The van der Waals surface area contributed by atoms with Crippen LogP contribution in [0.2, 0.25) is 15.2 Å². The quantitative estimate of drug-likeness (QED) is 0.283. The average Bonchev–Trinajstić information content (AvgIpc) is 3.02. The van der Waals surface area contributed by atoms with Crippen LogP contribution < -0.4 is 4.74 Å². The van der Waals surface area contributed by atoms with Crippen molar-refractivity contribution in [2.75, 3.05) is 0 Å². The first-order valence-electron chi connectivity index (χ1n) is 7.72. The summed E-state index contributed by atoms with van der Waals surface area (Å²) in [6.07, 6.45) is 5.23. The Bertz CT molecular complexity index is 789. The van der Waals surface area contributed by atoms with Gasteiger partial charge in [-0.15, -0.1) is 24.0 Å². The highest BCUT2D eigenvalue weighted by Crippen LogP contribution is 2.25. The monoisotopic (exact) mass is 522 g/mol. The summed E-state index contributed by atoms with van der Waals surface area (Å²) >= 11 is 16.7. The van der Waals surface area contributed by atoms with Crippen molar-refractivity contribution in [3.63, 3.8) is 0 Å². The molecule has 2 aromatic heterocycles. The Hall–Kier alpha value is -1.08. The highest BCUT2D eigenvalue weighted by Gasteiger charge is 2.22. The van der Waals surface area contributed by atoms with E-state index in [1.54, 1.807) is 24.4 Å². The molecular formula is C19H18Cl3IN2O. The third-order valence-electron chi connectivity index (χ3n) is 3.69. The molecule has 138 valence electrons. The number of aromatic nitrogens is 2. The Labute approximate surface area is 186 Å². The third-order valence-corrected chi connectivity index (χ3v) is 4.36. The van der Waals surface area contributed by atoms with Crippen LogP contribution in [0.3, 0.4) is 0 Å². The lowest BCUT2D eigenvalue weighted by Gasteiger charge is -2.11. The zero-order chi connectivity index (χ0) is 17.6. The van der Waals surface area contributed by atoms with Crippen molar-refractivity contribution in [3.8, 4) is 5.88 Å². The van der Waals surface area contributed by atoms with E-state index in [1.165, 1.54) is 17.3 Å². The van der Waals surface area contributed by atoms with Gasteiger partial charge in [0.25, 0.3) is 0 Å². The molecule has 0 atom stereocenters. The van der Waals surface area contributed by atoms with Gasteiger partial charge in [0.1, 0.15) is 11.3 Å². The molecule has 0 N–H and O–H groups in total. The maximum atomic E-state index is 5.84. The van der Waals surface area contributed by atoms with Gasteiger partial charge < -0.3 is 4.74 Å². The molecule has 3 nitrogen and oxygen atoms in total. The first-order chi connectivity index (χ1) is 12.1. The maximum absolute atomic E-state index is 5.84. The Kier molecular flexibility index (Phi) is 8.41. The fourth-order valence-corrected chi connectivity index (χ4v) is 2.90. The zero-order valence-corrected chi connectivity index (χ0v) is 18.2. The van der Waals surface area contributed by atoms with E-state index in [1.807, 2.05) is 6.07 Å². The molecule has 7 heteroatoms. The Morgan fingerprint density at radius 3 is 1.85 bits per heavy atom. The molecule has 4 rings (SSSR count). The van der Waals surface area contributed by atoms with Crippen LogP contribution in [-0.4, -0.2) is 16.1 Å². The van der Waals surface area contributed by atoms with Crippen molar-refractivity contribution in [1.29, 1.82) is 0 Å². The van der Waals surface area contributed by atoms with Crippen molar-refractivity contribution >= 4 is 58.8 Å². The van der Waals surface area contributed by atoms with Gasteiger partial charge in [-0.2, -0.15) is 0 Å². The molecular weight excluding hydrogens is 505 g/mol. The van der Waals surface area contributed by atoms with Crippen molar-refractivity contribution in [2.24, 2.45) is 0 Å². The van der Waals surface area contributed by atoms with Crippen LogP contribution >= 0.6 is 58.8 Å². The molecule has 2 heterocycles. The normalized spacial score (nSPS) is 12.4. The number of pyridine rings is 2. The van der Waals surface area contributed by atoms with Crippen LogP contribution in [0.5, 0.6) is 5.88 Å². The summed E-state index contributed by atoms with van der Waals surface area (Å²) in [6.45, 7) is 0. The van der Waals surface area contributed by atoms with E-state index in [4.69, 9.17) is 39.5 Å². The van der Waals surface area contributed by atoms with Gasteiger partial charge in [0.05, 0.1) is 10.0 Å². The van der Waals surface area contributed by atoms with Crippen molar-refractivity contribution < 1.29 is 6.16 Å². The summed E-state index contributed by atoms with van der Waals surface area (Å²) in [4.78, 5) is 7.86. The van der Waals surface area contributed by atoms with Crippen LogP contribution in [0, 0.1) is 0 Å². The van der Waals surface area contributed by atoms with E-state index in [2.05, 4.69) is 34.2 Å². The van der Waals surface area contributed by atoms with Gasteiger partial charge in [0.2, 0.25) is 5.88 Å². The van der Waals surface area contributed by atoms with Crippen molar-refractivity contribution in [2.45, 2.75) is 18.9 Å². The number of ether oxygens (including phenoxy) is 1. The Balaban J connectivity index is 0.000000313. The number of rotatable bonds is 2. The molecule has 1 aliphatic carbocycles. The summed E-state index contributed by atoms with van der Waals surface area (Å²) < 4.78 is 5.84. The largest absolute Gasteiger partial charge is 0.474 e. The van der Waals surface area contributed by atoms with Crippen LogP contribution in [0.4, 0.5) is 0 Å². The number of hydrogen-bond donors (Lipinski definition) is 0. The molecule has 0 bridgehead atoms. The van der Waals surface area contributed by atoms with Crippen LogP contribution in [0.1, 0.15) is 12.6 Å². The molecule has 0 aliphatic heterocycles. The molecule has 0 saturated carbocycles. The Morgan fingerprint density at radius 1 is 0.808 bits per heavy atom. The van der Waals surface area contributed by atoms with Gasteiger partial charge in [0, 0.05) is 32.7 Å². The van der Waals surface area contributed by atoms with E-state index in [0.717, 1.165) is 12.8 Å². The second-order valence-corrected chi connectivity index (χ2v) is 6.79. The van der Waals surface area contributed by atoms with E-state index >= 15 is 0 Å². The Morgan fingerprint density at radius 2 is 1.38 bits per heavy atom. The highest BCUT2D eigenvalue weighted by molar-refractivity contribution is 14.0. The highest BCUT2D eigenvalue weighted by atomic mass is 127. The van der Waals surface area contributed by atoms with Gasteiger partial charge in [-0.3, -0.25) is 0 Å². The van der Waals surface area contributed by atoms with E-state index in [-0.39, 0.29) is 31.5 Å². The lowest BCUT2D eigenvalue weighted by atomic mass is 10.1. The fourth-order valence-electron chi connectivity index (χ4n) is 2.56. The molecule has 0 radical (unpaired) electrons. The van der Waals surface area contributed by atoms with Gasteiger partial charge in [-0.1, -0.05) is 59.1 Å². The smallest absolute Gasteiger partial charge is 0.213 e. The van der Waals surface area contributed by atoms with E-state index < -0.39 is 0 Å². The van der Waals surface area contributed by atoms with Gasteiger partial charge in [0.15, 0.2) is 0 Å². The predicted octanol–water partition coefficient (Wildman–Crippen LogP) is 6.53. The second kappa shape index (κ2) is 10.3. The van der Waals surface area contributed by atoms with Gasteiger partial charge in [-0.25, -0.2) is 9.97 Å². The summed E-state index contributed by atoms with van der Waals surface area (Å²) in [5.41, 5.74) is 2.76. The standard InChI is InChI=1S/C14H12ClNO.C5H3Cl2N.HI.H2/c15-12-5-6-14(16-9-12)17-13-7-10-3-1-2-4-11(10)8-13;6-4-1-2-5(7)8-3-4;;/h1-6,9,13H,7-8H2;1-3H;2*1H. The number of fused-ring (bicyclic) bond motifs is 1. The van der Waals surface area contributed by atoms with Crippen LogP contribution in [-0.2, 0) is 12.8 Å². The molecule has 3 aromatic rings. The fraction of sp³-hybridized carbons (Fsp3) is 0.158. The number of halogens is 4. The summed E-state index contributed by atoms with van der Waals surface area (Å²) in [5.74, 6) is 0.646. The minimum atomic E-state index is 0. The van der Waals surface area contributed by atoms with Gasteiger partial charge >= 0.3 is 0 Å². The first-order valence-corrected chi connectivity index (χ1v) is 8.85. The molecule has 0 unspecified atom stereocenters. The minimum absolute atomic E-state index is 0. The summed E-state index contributed by atoms with van der Waals surface area (Å²) in [7, 11) is 0. The predicted molar refractivity (Wildman–Crippen MR) is 119 cm³/mol. The lowest BCUT2D eigenvalue weighted by molar-refractivity contribution is 0.205. The van der Waals surface area contributed by atoms with E-state index in [9.17, 15) is 0 Å². The second-order valence-electron chi connectivity index (χ2n) is 5.53. The van der Waals surface area contributed by atoms with Crippen LogP contribution in [0.15, 0.2) is 60.9 Å². The van der Waals surface area contributed by atoms with Crippen molar-refractivity contribution in [3.05, 3.63) is 87.2 Å². The molecule has 1 aromatic carbocycles. The molecule has 0 amide bonds. The third kappa shape index (κ3) is 6.27. The SMILES string of the molecule is Clc1ccc(Cl)nc1.Clc1ccc(OC2Cc3ccccc3C2)nc1.I.[HH]. The summed E-state index contributed by atoms with van der Waals surface area (Å²) in [5, 5.41) is 1.70. The minimum Gasteiger partial charge on any atom is -0.474 e. The van der Waals surface area contributed by atoms with Crippen LogP contribution in [0.25, 0.3) is 0 Å². The lowest BCUT2D eigenvalue weighted by Crippen LogP contribution is -2.16. The zero-order valence-electron chi connectivity index (χ0n) is 13.6. The molecule has 26 heavy (non-hydrogen) atoms. The van der Waals surface area contributed by atoms with Gasteiger partial charge in [-0.05, 0) is 29.3 Å². The number of benzene rings is 1. The van der Waals surface area contributed by atoms with E-state index in [0.29, 0.717) is 21.1 Å². The average molecular weight is 524 g/mol. The molecule has 0 spiro atoms. The number of hydrogen-bond acceptors (Lipinski definition) is 3. The maximum Gasteiger partial charge on any atom is 0.213 e. The molecule has 0 fully saturated rings. The molecule has 0 saturated heterocycles. The van der Waals surface area contributed by atoms with Crippen molar-refractivity contribution in [1.82, 2.24) is 9.97 Å². The first kappa shape index (κ1) is 21.2. The summed E-state index contributed by atoms with van der Waals surface area (Å²) in [6, 6.07) is 15.4. The number of nitrogens with zero attached hydrogens (tertiary/aromatic N) is 2.